The highest BCUT2D eigenvalue weighted by molar-refractivity contribution is 6.43. The molecule has 32 heavy (non-hydrogen) atoms. The summed E-state index contributed by atoms with van der Waals surface area (Å²) in [6, 6.07) is 4.40. The summed E-state index contributed by atoms with van der Waals surface area (Å²) in [4.78, 5) is 3.88. The topological polar surface area (TPSA) is 62.2 Å². The van der Waals surface area contributed by atoms with Crippen molar-refractivity contribution < 1.29 is 26.3 Å². The summed E-state index contributed by atoms with van der Waals surface area (Å²) in [6.07, 6.45) is -9.08. The van der Waals surface area contributed by atoms with Crippen molar-refractivity contribution in [1.29, 1.82) is 5.41 Å². The first-order valence-electron chi connectivity index (χ1n) is 8.93. The second kappa shape index (κ2) is 7.38. The molecule has 3 nitrogen and oxygen atoms in total. The number of amidine groups is 2. The molecule has 0 aromatic heterocycles. The average Bonchev–Trinajstić information content (AvgIpc) is 2.83. The number of alkyl halides is 6. The first-order chi connectivity index (χ1) is 14.8. The quantitative estimate of drug-likeness (QED) is 0.418. The molecule has 0 unspecified atom stereocenters. The Kier molecular flexibility index (Phi) is 5.17. The third-order valence-corrected chi connectivity index (χ3v) is 5.81. The van der Waals surface area contributed by atoms with E-state index in [4.69, 9.17) is 34.3 Å². The predicted octanol–water partition coefficient (Wildman–Crippen LogP) is 6.96. The highest BCUT2D eigenvalue weighted by Crippen LogP contribution is 2.43. The van der Waals surface area contributed by atoms with E-state index in [0.717, 1.165) is 0 Å². The zero-order chi connectivity index (χ0) is 23.6. The van der Waals surface area contributed by atoms with Crippen LogP contribution in [-0.2, 0) is 0 Å². The Morgan fingerprint density at radius 3 is 2.12 bits per heavy atom. The van der Waals surface area contributed by atoms with Gasteiger partial charge >= 0.3 is 12.4 Å². The lowest BCUT2D eigenvalue weighted by Gasteiger charge is -2.17. The van der Waals surface area contributed by atoms with Gasteiger partial charge in [0.1, 0.15) is 5.84 Å². The van der Waals surface area contributed by atoms with Crippen LogP contribution in [0.4, 0.5) is 26.3 Å². The Labute approximate surface area is 187 Å². The number of rotatable bonds is 1. The molecule has 11 heteroatoms. The standard InChI is InChI=1S/C21H11Cl2F6N3/c22-14-5-9-4-13-17(19(31)32-18(13)30)16(12(9)7-15(14)23)8-1-2-10(20(24,25)26)6-11(3-8)21(27,28)29/h2-7H,1H2,(H3,30,31,32). The fourth-order valence-electron chi connectivity index (χ4n) is 3.69. The number of nitrogens with zero attached hydrogens (tertiary/aromatic N) is 1. The summed E-state index contributed by atoms with van der Waals surface area (Å²) >= 11 is 12.2. The van der Waals surface area contributed by atoms with E-state index in [1.165, 1.54) is 18.2 Å². The van der Waals surface area contributed by atoms with Gasteiger partial charge in [0.05, 0.1) is 21.2 Å². The number of benzene rings is 2. The number of halogens is 8. The first-order valence-corrected chi connectivity index (χ1v) is 9.69. The summed E-state index contributed by atoms with van der Waals surface area (Å²) in [5.74, 6) is -0.352. The fourth-order valence-corrected chi connectivity index (χ4v) is 4.02. The molecule has 1 aliphatic carbocycles. The number of aliphatic imine (C=N–C) groups is 1. The van der Waals surface area contributed by atoms with E-state index >= 15 is 0 Å². The van der Waals surface area contributed by atoms with E-state index in [1.54, 1.807) is 0 Å². The average molecular weight is 490 g/mol. The number of hydrogen-bond acceptors (Lipinski definition) is 2. The van der Waals surface area contributed by atoms with Crippen LogP contribution < -0.4 is 5.73 Å². The summed E-state index contributed by atoms with van der Waals surface area (Å²) < 4.78 is 80.6. The smallest absolute Gasteiger partial charge is 0.383 e. The van der Waals surface area contributed by atoms with Gasteiger partial charge in [-0.1, -0.05) is 29.3 Å². The Morgan fingerprint density at radius 2 is 1.50 bits per heavy atom. The van der Waals surface area contributed by atoms with Gasteiger partial charge in [0, 0.05) is 11.1 Å². The molecular weight excluding hydrogens is 479 g/mol. The van der Waals surface area contributed by atoms with Crippen molar-refractivity contribution in [1.82, 2.24) is 0 Å². The Balaban J connectivity index is 2.08. The van der Waals surface area contributed by atoms with Crippen LogP contribution in [0.1, 0.15) is 23.1 Å². The van der Waals surface area contributed by atoms with Crippen LogP contribution in [0.25, 0.3) is 16.3 Å². The minimum absolute atomic E-state index is 0.0711. The predicted molar refractivity (Wildman–Crippen MR) is 112 cm³/mol. The first kappa shape index (κ1) is 22.4. The van der Waals surface area contributed by atoms with Crippen LogP contribution in [0.3, 0.4) is 0 Å². The number of hydrogen-bond donors (Lipinski definition) is 2. The van der Waals surface area contributed by atoms with Crippen molar-refractivity contribution in [3.05, 3.63) is 74.3 Å². The van der Waals surface area contributed by atoms with Crippen molar-refractivity contribution in [2.24, 2.45) is 10.7 Å². The van der Waals surface area contributed by atoms with E-state index < -0.39 is 29.9 Å². The minimum Gasteiger partial charge on any atom is -0.383 e. The SMILES string of the molecule is N=C1N=C(N)c2c1cc1cc(Cl)c(Cl)cc1c2C1=CC(C(F)(F)F)=CC(C(F)(F)F)=CC1. The van der Waals surface area contributed by atoms with Crippen molar-refractivity contribution in [2.75, 3.05) is 0 Å². The molecule has 1 aliphatic heterocycles. The molecule has 0 saturated heterocycles. The van der Waals surface area contributed by atoms with Crippen LogP contribution >= 0.6 is 23.2 Å². The van der Waals surface area contributed by atoms with Crippen LogP contribution in [0.15, 0.2) is 52.6 Å². The minimum atomic E-state index is -5.04. The maximum atomic E-state index is 13.6. The van der Waals surface area contributed by atoms with Crippen molar-refractivity contribution in [3.8, 4) is 0 Å². The largest absolute Gasteiger partial charge is 0.416 e. The van der Waals surface area contributed by atoms with Gasteiger partial charge in [0.2, 0.25) is 0 Å². The molecule has 2 aliphatic rings. The van der Waals surface area contributed by atoms with Crippen LogP contribution in [-0.4, -0.2) is 24.0 Å². The highest BCUT2D eigenvalue weighted by Gasteiger charge is 2.39. The van der Waals surface area contributed by atoms with Crippen LogP contribution in [0.2, 0.25) is 10.0 Å². The molecule has 0 radical (unpaired) electrons. The maximum absolute atomic E-state index is 13.6. The zero-order valence-electron chi connectivity index (χ0n) is 15.7. The van der Waals surface area contributed by atoms with E-state index in [1.807, 2.05) is 0 Å². The number of allylic oxidation sites excluding steroid dienone is 6. The van der Waals surface area contributed by atoms with Gasteiger partial charge in [0.25, 0.3) is 0 Å². The molecule has 166 valence electrons. The molecule has 0 fully saturated rings. The Morgan fingerprint density at radius 1 is 0.875 bits per heavy atom. The molecule has 0 amide bonds. The summed E-state index contributed by atoms with van der Waals surface area (Å²) in [5.41, 5.74) is 3.50. The van der Waals surface area contributed by atoms with Gasteiger partial charge in [-0.2, -0.15) is 26.3 Å². The molecule has 0 atom stereocenters. The van der Waals surface area contributed by atoms with Gasteiger partial charge in [-0.25, -0.2) is 4.99 Å². The third-order valence-electron chi connectivity index (χ3n) is 5.08. The number of nitrogens with two attached hydrogens (primary N) is 1. The Hall–Kier alpha value is -2.78. The molecule has 3 N–H and O–H groups in total. The molecule has 0 bridgehead atoms. The van der Waals surface area contributed by atoms with Gasteiger partial charge < -0.3 is 5.73 Å². The Bertz CT molecular complexity index is 1310. The lowest BCUT2D eigenvalue weighted by molar-refractivity contribution is -0.0933. The van der Waals surface area contributed by atoms with E-state index in [9.17, 15) is 26.3 Å². The van der Waals surface area contributed by atoms with Crippen LogP contribution in [0.5, 0.6) is 0 Å². The second-order valence-electron chi connectivity index (χ2n) is 7.14. The van der Waals surface area contributed by atoms with E-state index in [-0.39, 0.29) is 50.1 Å². The molecule has 0 spiro atoms. The second-order valence-corrected chi connectivity index (χ2v) is 7.95. The summed E-state index contributed by atoms with van der Waals surface area (Å²) in [6.45, 7) is 0. The van der Waals surface area contributed by atoms with Gasteiger partial charge in [-0.15, -0.1) is 0 Å². The van der Waals surface area contributed by atoms with E-state index in [2.05, 4.69) is 4.99 Å². The molecule has 2 aromatic carbocycles. The molecular formula is C21H11Cl2F6N3. The molecule has 1 heterocycles. The highest BCUT2D eigenvalue weighted by atomic mass is 35.5. The van der Waals surface area contributed by atoms with Crippen molar-refractivity contribution >= 4 is 51.2 Å². The summed E-state index contributed by atoms with van der Waals surface area (Å²) in [7, 11) is 0. The molecule has 4 rings (SSSR count). The number of fused-ring (bicyclic) bond motifs is 2. The fraction of sp³-hybridized carbons (Fsp3) is 0.143. The third kappa shape index (κ3) is 3.80. The monoisotopic (exact) mass is 489 g/mol. The maximum Gasteiger partial charge on any atom is 0.416 e. The van der Waals surface area contributed by atoms with Gasteiger partial charge in [-0.3, -0.25) is 5.41 Å². The van der Waals surface area contributed by atoms with E-state index in [0.29, 0.717) is 22.9 Å². The van der Waals surface area contributed by atoms with Gasteiger partial charge in [0.15, 0.2) is 5.84 Å². The van der Waals surface area contributed by atoms with Crippen molar-refractivity contribution in [2.45, 2.75) is 18.8 Å². The summed E-state index contributed by atoms with van der Waals surface area (Å²) in [5, 5.41) is 9.04. The van der Waals surface area contributed by atoms with Crippen molar-refractivity contribution in [3.63, 3.8) is 0 Å². The lowest BCUT2D eigenvalue weighted by atomic mass is 9.87. The molecule has 2 aromatic rings. The van der Waals surface area contributed by atoms with Gasteiger partial charge in [-0.05, 0) is 58.7 Å². The number of nitrogens with one attached hydrogen (secondary N) is 1. The van der Waals surface area contributed by atoms with Crippen LogP contribution in [0, 0.1) is 5.41 Å². The zero-order valence-corrected chi connectivity index (χ0v) is 17.2. The lowest BCUT2D eigenvalue weighted by Crippen LogP contribution is -2.15. The molecule has 0 saturated carbocycles. The normalized spacial score (nSPS) is 16.9.